The Hall–Kier alpha value is -4.30. The zero-order valence-electron chi connectivity index (χ0n) is 22.3. The molecule has 0 aliphatic carbocycles. The summed E-state index contributed by atoms with van der Waals surface area (Å²) in [6.45, 7) is 3.33. The summed E-state index contributed by atoms with van der Waals surface area (Å²) in [5.41, 5.74) is 1.72. The fourth-order valence-corrected chi connectivity index (χ4v) is 5.02. The van der Waals surface area contributed by atoms with Crippen molar-refractivity contribution in [2.75, 3.05) is 33.2 Å². The van der Waals surface area contributed by atoms with Crippen LogP contribution in [0.5, 0.6) is 17.2 Å². The van der Waals surface area contributed by atoms with Crippen LogP contribution in [-0.4, -0.2) is 71.8 Å². The van der Waals surface area contributed by atoms with E-state index < -0.39 is 21.4 Å². The maximum atomic E-state index is 13.7. The third kappa shape index (κ3) is 5.61. The smallest absolute Gasteiger partial charge is 0.243 e. The molecule has 0 fully saturated rings. The first kappa shape index (κ1) is 27.7. The number of nitrogens with one attached hydrogen (secondary N) is 1. The molecule has 4 rings (SSSR count). The van der Waals surface area contributed by atoms with Crippen molar-refractivity contribution in [2.24, 2.45) is 0 Å². The number of sulfonamides is 1. The molecule has 3 aromatic heterocycles. The molecule has 0 bridgehead atoms. The van der Waals surface area contributed by atoms with E-state index >= 15 is 0 Å². The van der Waals surface area contributed by atoms with Gasteiger partial charge in [-0.3, -0.25) is 14.3 Å². The first-order chi connectivity index (χ1) is 18.7. The molecular weight excluding hydrogens is 526 g/mol. The van der Waals surface area contributed by atoms with Gasteiger partial charge in [-0.15, -0.1) is 10.2 Å². The standard InChI is InChI=1S/C25H29N7O6S/c1-15-11-27-23(28-12-15)22(38-6)16(2)39(33,34)31-25-30-29-24(17-10-18(35-3)14-26-13-17)32(25)21-19(36-4)8-7-9-20(21)37-5/h7-14,16,22H,1-6H3,(H,30,31)/t16-,22-/m0/s1. The first-order valence-electron chi connectivity index (χ1n) is 11.7. The van der Waals surface area contributed by atoms with Crippen LogP contribution < -0.4 is 18.9 Å². The molecule has 3 heterocycles. The SMILES string of the molecule is COc1cncc(-c2nnc(NS(=O)(=O)[C@@H](C)[C@H](OC)c3ncc(C)cn3)n2-c2c(OC)cccc2OC)c1. The van der Waals surface area contributed by atoms with Crippen molar-refractivity contribution >= 4 is 16.0 Å². The van der Waals surface area contributed by atoms with Crippen LogP contribution in [0.4, 0.5) is 5.95 Å². The minimum atomic E-state index is -4.13. The van der Waals surface area contributed by atoms with Gasteiger partial charge in [0.15, 0.2) is 11.6 Å². The number of hydrogen-bond acceptors (Lipinski definition) is 11. The second-order valence-electron chi connectivity index (χ2n) is 8.43. The topological polar surface area (TPSA) is 152 Å². The van der Waals surface area contributed by atoms with Gasteiger partial charge in [-0.1, -0.05) is 6.07 Å². The number of nitrogens with zero attached hydrogens (tertiary/aromatic N) is 6. The van der Waals surface area contributed by atoms with E-state index in [1.165, 1.54) is 46.1 Å². The number of rotatable bonds is 11. The molecule has 0 spiro atoms. The molecule has 0 saturated carbocycles. The van der Waals surface area contributed by atoms with E-state index in [0.29, 0.717) is 28.5 Å². The van der Waals surface area contributed by atoms with Crippen LogP contribution in [-0.2, 0) is 14.8 Å². The monoisotopic (exact) mass is 555 g/mol. The zero-order valence-corrected chi connectivity index (χ0v) is 23.1. The minimum absolute atomic E-state index is 0.109. The number of para-hydroxylation sites is 1. The highest BCUT2D eigenvalue weighted by Crippen LogP contribution is 2.38. The molecule has 0 radical (unpaired) electrons. The van der Waals surface area contributed by atoms with E-state index in [9.17, 15) is 8.42 Å². The van der Waals surface area contributed by atoms with Crippen LogP contribution >= 0.6 is 0 Å². The Morgan fingerprint density at radius 3 is 2.18 bits per heavy atom. The van der Waals surface area contributed by atoms with E-state index in [4.69, 9.17) is 18.9 Å². The van der Waals surface area contributed by atoms with Gasteiger partial charge in [0.25, 0.3) is 0 Å². The Labute approximate surface area is 226 Å². The van der Waals surface area contributed by atoms with Gasteiger partial charge in [-0.25, -0.2) is 18.4 Å². The number of pyridine rings is 1. The van der Waals surface area contributed by atoms with Crippen molar-refractivity contribution in [3.63, 3.8) is 0 Å². The molecule has 13 nitrogen and oxygen atoms in total. The third-order valence-corrected chi connectivity index (χ3v) is 7.65. The average Bonchev–Trinajstić information content (AvgIpc) is 3.35. The minimum Gasteiger partial charge on any atom is -0.495 e. The van der Waals surface area contributed by atoms with Gasteiger partial charge in [0.05, 0.1) is 27.5 Å². The number of ether oxygens (including phenoxy) is 4. The maximum Gasteiger partial charge on any atom is 0.243 e. The lowest BCUT2D eigenvalue weighted by Crippen LogP contribution is -2.33. The van der Waals surface area contributed by atoms with Crippen molar-refractivity contribution in [1.82, 2.24) is 29.7 Å². The van der Waals surface area contributed by atoms with Crippen LogP contribution in [0.2, 0.25) is 0 Å². The molecule has 206 valence electrons. The van der Waals surface area contributed by atoms with E-state index in [1.807, 2.05) is 6.92 Å². The highest BCUT2D eigenvalue weighted by molar-refractivity contribution is 7.93. The van der Waals surface area contributed by atoms with Crippen LogP contribution in [0.3, 0.4) is 0 Å². The summed E-state index contributed by atoms with van der Waals surface area (Å²) < 4.78 is 53.4. The highest BCUT2D eigenvalue weighted by Gasteiger charge is 2.35. The van der Waals surface area contributed by atoms with Crippen molar-refractivity contribution in [1.29, 1.82) is 0 Å². The molecule has 2 atom stereocenters. The molecule has 4 aromatic rings. The van der Waals surface area contributed by atoms with Gasteiger partial charge in [0, 0.05) is 31.3 Å². The predicted molar refractivity (Wildman–Crippen MR) is 143 cm³/mol. The number of benzene rings is 1. The fraction of sp³-hybridized carbons (Fsp3) is 0.320. The number of anilines is 1. The lowest BCUT2D eigenvalue weighted by atomic mass is 10.2. The Bertz CT molecular complexity index is 1520. The number of aromatic nitrogens is 6. The summed E-state index contributed by atoms with van der Waals surface area (Å²) in [6, 6.07) is 6.87. The van der Waals surface area contributed by atoms with Crippen molar-refractivity contribution in [2.45, 2.75) is 25.2 Å². The van der Waals surface area contributed by atoms with Crippen molar-refractivity contribution in [3.8, 4) is 34.3 Å². The lowest BCUT2D eigenvalue weighted by Gasteiger charge is -2.23. The van der Waals surface area contributed by atoms with Crippen LogP contribution in [0.25, 0.3) is 17.1 Å². The normalized spacial score (nSPS) is 13.0. The van der Waals surface area contributed by atoms with Gasteiger partial charge in [-0.2, -0.15) is 0 Å². The highest BCUT2D eigenvalue weighted by atomic mass is 32.2. The molecule has 1 N–H and O–H groups in total. The second-order valence-corrected chi connectivity index (χ2v) is 10.5. The zero-order chi connectivity index (χ0) is 28.2. The van der Waals surface area contributed by atoms with Gasteiger partial charge in [0.1, 0.15) is 34.3 Å². The molecule has 0 aliphatic rings. The average molecular weight is 556 g/mol. The van der Waals surface area contributed by atoms with Crippen molar-refractivity contribution < 1.29 is 27.4 Å². The van der Waals surface area contributed by atoms with Gasteiger partial charge in [0.2, 0.25) is 16.0 Å². The molecule has 14 heteroatoms. The Kier molecular flexibility index (Phi) is 8.26. The molecule has 0 saturated heterocycles. The maximum absolute atomic E-state index is 13.7. The van der Waals surface area contributed by atoms with Crippen LogP contribution in [0.1, 0.15) is 24.4 Å². The van der Waals surface area contributed by atoms with E-state index in [1.54, 1.807) is 42.9 Å². The Morgan fingerprint density at radius 2 is 1.59 bits per heavy atom. The summed E-state index contributed by atoms with van der Waals surface area (Å²) in [7, 11) is 1.76. The summed E-state index contributed by atoms with van der Waals surface area (Å²) in [5.74, 6) is 1.65. The first-order valence-corrected chi connectivity index (χ1v) is 13.3. The molecule has 1 aromatic carbocycles. The predicted octanol–water partition coefficient (Wildman–Crippen LogP) is 2.97. The largest absolute Gasteiger partial charge is 0.495 e. The quantitative estimate of drug-likeness (QED) is 0.291. The molecule has 39 heavy (non-hydrogen) atoms. The van der Waals surface area contributed by atoms with E-state index in [0.717, 1.165) is 5.56 Å². The van der Waals surface area contributed by atoms with Crippen LogP contribution in [0.15, 0.2) is 49.1 Å². The van der Waals surface area contributed by atoms with E-state index in [-0.39, 0.29) is 17.6 Å². The second kappa shape index (κ2) is 11.6. The fourth-order valence-electron chi connectivity index (χ4n) is 3.89. The Balaban J connectivity index is 1.85. The lowest BCUT2D eigenvalue weighted by molar-refractivity contribution is 0.0949. The molecular formula is C25H29N7O6S. The van der Waals surface area contributed by atoms with Crippen LogP contribution in [0, 0.1) is 6.92 Å². The summed E-state index contributed by atoms with van der Waals surface area (Å²) >= 11 is 0. The summed E-state index contributed by atoms with van der Waals surface area (Å²) in [6.07, 6.45) is 5.33. The molecule has 0 unspecified atom stereocenters. The third-order valence-electron chi connectivity index (χ3n) is 5.95. The Morgan fingerprint density at radius 1 is 0.923 bits per heavy atom. The van der Waals surface area contributed by atoms with Gasteiger partial charge < -0.3 is 18.9 Å². The summed E-state index contributed by atoms with van der Waals surface area (Å²) in [4.78, 5) is 12.7. The number of aryl methyl sites for hydroxylation is 1. The van der Waals surface area contributed by atoms with Crippen molar-refractivity contribution in [3.05, 3.63) is 60.4 Å². The number of methoxy groups -OCH3 is 4. The summed E-state index contributed by atoms with van der Waals surface area (Å²) in [5, 5.41) is 7.36. The number of hydrogen-bond donors (Lipinski definition) is 1. The van der Waals surface area contributed by atoms with E-state index in [2.05, 4.69) is 29.9 Å². The van der Waals surface area contributed by atoms with Gasteiger partial charge >= 0.3 is 0 Å². The molecule has 0 aliphatic heterocycles. The molecule has 0 amide bonds. The van der Waals surface area contributed by atoms with Gasteiger partial charge in [-0.05, 0) is 37.6 Å².